The zero-order valence-electron chi connectivity index (χ0n) is 31.9. The first-order valence-corrected chi connectivity index (χ1v) is 19.8. The van der Waals surface area contributed by atoms with Crippen LogP contribution < -0.4 is 35.2 Å². The maximum atomic E-state index is 13.3. The van der Waals surface area contributed by atoms with Gasteiger partial charge in [0.2, 0.25) is 17.8 Å². The van der Waals surface area contributed by atoms with Crippen LogP contribution in [0.4, 0.5) is 40.2 Å². The number of carbonyl (C=O) groups excluding carboxylic acids is 4. The first kappa shape index (κ1) is 40.4. The van der Waals surface area contributed by atoms with Gasteiger partial charge in [-0.1, -0.05) is 29.8 Å². The average Bonchev–Trinajstić information content (AvgIpc) is 3.49. The SMILES string of the molecule is COc1cc(N2CCN(CCOCCNc3cccc4c3C(=O)N(C3CCC(=O)NC3=O)C4=O)CC2)ccc1Nc1ncc(Cl)c(Nc2ccccc2N(C)[SH]=O)n1. The van der Waals surface area contributed by atoms with Gasteiger partial charge < -0.3 is 30.3 Å². The van der Waals surface area contributed by atoms with E-state index in [2.05, 4.69) is 41.0 Å². The van der Waals surface area contributed by atoms with Crippen LogP contribution in [-0.4, -0.2) is 120 Å². The summed E-state index contributed by atoms with van der Waals surface area (Å²) in [6.45, 7) is 5.41. The zero-order valence-corrected chi connectivity index (χ0v) is 33.5. The second kappa shape index (κ2) is 18.2. The number of aromatic nitrogens is 2. The Hall–Kier alpha value is -5.82. The van der Waals surface area contributed by atoms with Crippen molar-refractivity contribution in [2.24, 2.45) is 0 Å². The minimum absolute atomic E-state index is 0.0645. The molecule has 3 aromatic carbocycles. The van der Waals surface area contributed by atoms with Gasteiger partial charge in [-0.15, -0.1) is 0 Å². The lowest BCUT2D eigenvalue weighted by Crippen LogP contribution is -2.54. The number of thiol groups is 1. The van der Waals surface area contributed by atoms with Gasteiger partial charge in [0.05, 0.1) is 54.7 Å². The standard InChI is InChI=1S/C39H43ClN10O7S/c1-47(58-55)30-9-4-3-7-27(30)43-35-26(40)23-42-39(46-35)44-28-11-10-24(22-32(28)56-2)49-17-15-48(16-18-49)19-21-57-20-14-41-29-8-5-6-25-34(29)38(54)50(37(25)53)31-12-13-33(51)45-36(31)52/h3-11,22-23,31,41,58H,12-21H2,1-2H3,(H,45,51,52)(H2,42,43,44,46). The van der Waals surface area contributed by atoms with Crippen molar-refractivity contribution in [2.75, 3.05) is 91.8 Å². The Labute approximate surface area is 343 Å². The Morgan fingerprint density at radius 2 is 1.74 bits per heavy atom. The summed E-state index contributed by atoms with van der Waals surface area (Å²) in [6.07, 6.45) is 1.67. The number of rotatable bonds is 16. The fourth-order valence-electron chi connectivity index (χ4n) is 7.09. The van der Waals surface area contributed by atoms with Gasteiger partial charge in [0, 0.05) is 70.2 Å². The number of ether oxygens (including phenoxy) is 2. The molecule has 4 heterocycles. The van der Waals surface area contributed by atoms with Crippen molar-refractivity contribution in [1.82, 2.24) is 25.1 Å². The van der Waals surface area contributed by atoms with E-state index < -0.39 is 29.7 Å². The molecule has 0 spiro atoms. The van der Waals surface area contributed by atoms with Gasteiger partial charge in [-0.05, 0) is 42.8 Å². The lowest BCUT2D eigenvalue weighted by atomic mass is 10.0. The molecule has 58 heavy (non-hydrogen) atoms. The number of amides is 4. The smallest absolute Gasteiger partial charge is 0.264 e. The Morgan fingerprint density at radius 1 is 0.948 bits per heavy atom. The van der Waals surface area contributed by atoms with E-state index in [1.54, 1.807) is 36.7 Å². The largest absolute Gasteiger partial charge is 0.494 e. The molecule has 0 aliphatic carbocycles. The van der Waals surface area contributed by atoms with Crippen molar-refractivity contribution in [3.05, 3.63) is 83.0 Å². The summed E-state index contributed by atoms with van der Waals surface area (Å²) in [5.74, 6) is -0.832. The molecule has 3 aliphatic rings. The summed E-state index contributed by atoms with van der Waals surface area (Å²) >= 11 is 6.29. The van der Waals surface area contributed by atoms with Crippen LogP contribution in [0.1, 0.15) is 33.6 Å². The van der Waals surface area contributed by atoms with Gasteiger partial charge in [-0.2, -0.15) is 4.98 Å². The van der Waals surface area contributed by atoms with E-state index in [-0.39, 0.29) is 35.8 Å². The van der Waals surface area contributed by atoms with Gasteiger partial charge in [-0.25, -0.2) is 9.19 Å². The summed E-state index contributed by atoms with van der Waals surface area (Å²) in [6, 6.07) is 17.3. The number of hydrogen-bond acceptors (Lipinski definition) is 14. The molecule has 3 aliphatic heterocycles. The number of halogens is 1. The minimum atomic E-state index is -1.01. The quantitative estimate of drug-likeness (QED) is 0.0626. The van der Waals surface area contributed by atoms with Crippen molar-refractivity contribution in [3.8, 4) is 5.75 Å². The number of piperidine rings is 1. The van der Waals surface area contributed by atoms with E-state index in [0.29, 0.717) is 65.0 Å². The number of nitrogens with zero attached hydrogens (tertiary/aromatic N) is 6. The van der Waals surface area contributed by atoms with Crippen LogP contribution in [0.2, 0.25) is 5.02 Å². The monoisotopic (exact) mass is 830 g/mol. The molecule has 1 atom stereocenters. The molecule has 4 aromatic rings. The highest BCUT2D eigenvalue weighted by Gasteiger charge is 2.45. The second-order valence-electron chi connectivity index (χ2n) is 13.7. The van der Waals surface area contributed by atoms with Gasteiger partial charge in [0.15, 0.2) is 5.82 Å². The maximum Gasteiger partial charge on any atom is 0.264 e. The minimum Gasteiger partial charge on any atom is -0.494 e. The summed E-state index contributed by atoms with van der Waals surface area (Å²) in [5, 5.41) is 12.2. The summed E-state index contributed by atoms with van der Waals surface area (Å²) in [7, 11) is 3.32. The van der Waals surface area contributed by atoms with Crippen LogP contribution in [-0.2, 0) is 26.2 Å². The molecule has 4 N–H and O–H groups in total. The average molecular weight is 831 g/mol. The van der Waals surface area contributed by atoms with E-state index in [1.165, 1.54) is 6.20 Å². The van der Waals surface area contributed by atoms with E-state index >= 15 is 0 Å². The predicted molar refractivity (Wildman–Crippen MR) is 222 cm³/mol. The fourth-order valence-corrected chi connectivity index (χ4v) is 7.49. The molecular formula is C39H43ClN10O7S. The second-order valence-corrected chi connectivity index (χ2v) is 14.9. The molecule has 7 rings (SSSR count). The van der Waals surface area contributed by atoms with Crippen molar-refractivity contribution >= 4 is 87.3 Å². The summed E-state index contributed by atoms with van der Waals surface area (Å²) in [4.78, 5) is 65.0. The van der Waals surface area contributed by atoms with Crippen molar-refractivity contribution in [1.29, 1.82) is 0 Å². The number of methoxy groups -OCH3 is 1. The van der Waals surface area contributed by atoms with Crippen molar-refractivity contribution in [2.45, 2.75) is 18.9 Å². The zero-order chi connectivity index (χ0) is 40.8. The highest BCUT2D eigenvalue weighted by Crippen LogP contribution is 2.35. The normalized spacial score (nSPS) is 16.9. The van der Waals surface area contributed by atoms with Crippen LogP contribution in [0.25, 0.3) is 0 Å². The van der Waals surface area contributed by atoms with E-state index in [4.69, 9.17) is 21.1 Å². The molecule has 19 heteroatoms. The molecule has 0 bridgehead atoms. The number of nitrogens with one attached hydrogen (secondary N) is 4. The fraction of sp³-hybridized carbons (Fsp3) is 0.333. The van der Waals surface area contributed by atoms with Gasteiger partial charge in [-0.3, -0.25) is 38.6 Å². The third kappa shape index (κ3) is 8.84. The van der Waals surface area contributed by atoms with Crippen molar-refractivity contribution < 1.29 is 32.9 Å². The molecule has 2 fully saturated rings. The topological polar surface area (TPSA) is 191 Å². The van der Waals surface area contributed by atoms with Crippen LogP contribution in [0.15, 0.2) is 66.9 Å². The molecule has 304 valence electrons. The third-order valence-electron chi connectivity index (χ3n) is 10.1. The molecule has 0 saturated carbocycles. The Bertz CT molecular complexity index is 2220. The molecule has 1 aromatic heterocycles. The number of piperazine rings is 1. The number of hydrogen-bond donors (Lipinski definition) is 5. The number of fused-ring (bicyclic) bond motifs is 1. The molecule has 0 radical (unpaired) electrons. The molecule has 17 nitrogen and oxygen atoms in total. The first-order valence-electron chi connectivity index (χ1n) is 18.7. The molecule has 2 saturated heterocycles. The van der Waals surface area contributed by atoms with Gasteiger partial charge in [0.1, 0.15) is 28.7 Å². The van der Waals surface area contributed by atoms with Crippen LogP contribution in [0.3, 0.4) is 0 Å². The predicted octanol–water partition coefficient (Wildman–Crippen LogP) is 3.57. The number of benzene rings is 3. The Balaban J connectivity index is 0.862. The Morgan fingerprint density at radius 3 is 2.52 bits per heavy atom. The van der Waals surface area contributed by atoms with Gasteiger partial charge >= 0.3 is 0 Å². The van der Waals surface area contributed by atoms with Crippen LogP contribution in [0.5, 0.6) is 5.75 Å². The number of para-hydroxylation sites is 2. The number of carbonyl (C=O) groups is 4. The van der Waals surface area contributed by atoms with E-state index in [1.807, 2.05) is 42.5 Å². The van der Waals surface area contributed by atoms with Crippen molar-refractivity contribution in [3.63, 3.8) is 0 Å². The third-order valence-corrected chi connectivity index (χ3v) is 10.9. The van der Waals surface area contributed by atoms with E-state index in [0.717, 1.165) is 43.3 Å². The molecule has 1 unspecified atom stereocenters. The highest BCUT2D eigenvalue weighted by molar-refractivity contribution is 7.67. The molecular weight excluding hydrogens is 788 g/mol. The number of anilines is 7. The summed E-state index contributed by atoms with van der Waals surface area (Å²) in [5.41, 5.74) is 4.03. The lowest BCUT2D eigenvalue weighted by molar-refractivity contribution is -0.136. The molecule has 4 amide bonds. The van der Waals surface area contributed by atoms with Crippen LogP contribution in [0, 0.1) is 0 Å². The van der Waals surface area contributed by atoms with E-state index in [9.17, 15) is 23.4 Å². The van der Waals surface area contributed by atoms with Gasteiger partial charge in [0.25, 0.3) is 11.8 Å². The highest BCUT2D eigenvalue weighted by atomic mass is 35.5. The first-order chi connectivity index (χ1) is 28.1. The lowest BCUT2D eigenvalue weighted by Gasteiger charge is -2.36. The Kier molecular flexibility index (Phi) is 12.7. The number of imide groups is 2. The summed E-state index contributed by atoms with van der Waals surface area (Å²) < 4.78 is 24.7. The maximum absolute atomic E-state index is 13.3. The van der Waals surface area contributed by atoms with Crippen LogP contribution >= 0.6 is 11.6 Å².